The molecule has 5 rings (SSSR count). The molecule has 2 heterocycles. The van der Waals surface area contributed by atoms with E-state index in [4.69, 9.17) is 21.1 Å². The van der Waals surface area contributed by atoms with Gasteiger partial charge in [-0.15, -0.1) is 0 Å². The monoisotopic (exact) mass is 401 g/mol. The second-order valence-corrected chi connectivity index (χ2v) is 9.89. The van der Waals surface area contributed by atoms with Gasteiger partial charge in [-0.25, -0.2) is 4.98 Å². The number of rotatable bonds is 2. The van der Waals surface area contributed by atoms with Crippen LogP contribution in [0, 0.1) is 11.3 Å². The van der Waals surface area contributed by atoms with E-state index in [1.165, 1.54) is 5.56 Å². The molecule has 0 radical (unpaired) electrons. The number of pyridine rings is 1. The minimum atomic E-state index is -0.640. The van der Waals surface area contributed by atoms with Crippen LogP contribution in [0.2, 0.25) is 5.15 Å². The maximum Gasteiger partial charge on any atom is 0.164 e. The number of nitrogens with zero attached hydrogens (tertiary/aromatic N) is 1. The molecular formula is C23H28ClNO3. The van der Waals surface area contributed by atoms with E-state index in [2.05, 4.69) is 30.1 Å². The molecule has 150 valence electrons. The summed E-state index contributed by atoms with van der Waals surface area (Å²) in [5.74, 6) is 0.0456. The summed E-state index contributed by atoms with van der Waals surface area (Å²) in [5.41, 5.74) is 0.782. The summed E-state index contributed by atoms with van der Waals surface area (Å²) in [6.45, 7) is 6.32. The molecule has 2 aliphatic carbocycles. The minimum absolute atomic E-state index is 0.0154. The van der Waals surface area contributed by atoms with Gasteiger partial charge in [0.15, 0.2) is 5.79 Å². The Labute approximate surface area is 171 Å². The smallest absolute Gasteiger partial charge is 0.164 e. The van der Waals surface area contributed by atoms with Gasteiger partial charge >= 0.3 is 0 Å². The fourth-order valence-electron chi connectivity index (χ4n) is 6.58. The van der Waals surface area contributed by atoms with Crippen LogP contribution < -0.4 is 0 Å². The minimum Gasteiger partial charge on any atom is -0.393 e. The molecule has 1 aromatic carbocycles. The van der Waals surface area contributed by atoms with Crippen LogP contribution in [-0.4, -0.2) is 34.2 Å². The summed E-state index contributed by atoms with van der Waals surface area (Å²) in [7, 11) is 0. The molecule has 3 aliphatic rings. The van der Waals surface area contributed by atoms with Gasteiger partial charge in [0.25, 0.3) is 0 Å². The third-order valence-corrected chi connectivity index (χ3v) is 7.97. The average molecular weight is 402 g/mol. The van der Waals surface area contributed by atoms with Crippen molar-refractivity contribution in [3.63, 3.8) is 0 Å². The number of aliphatic hydroxyl groups is 1. The number of halogens is 1. The number of fused-ring (bicyclic) bond motifs is 4. The van der Waals surface area contributed by atoms with Crippen LogP contribution in [0.5, 0.6) is 0 Å². The average Bonchev–Trinajstić information content (AvgIpc) is 3.15. The molecule has 5 heteroatoms. The van der Waals surface area contributed by atoms with E-state index in [-0.39, 0.29) is 24.0 Å². The summed E-state index contributed by atoms with van der Waals surface area (Å²) < 4.78 is 12.6. The first-order valence-corrected chi connectivity index (χ1v) is 10.7. The zero-order valence-corrected chi connectivity index (χ0v) is 17.5. The first-order chi connectivity index (χ1) is 13.3. The summed E-state index contributed by atoms with van der Waals surface area (Å²) in [6.07, 6.45) is 5.85. The molecule has 5 atom stereocenters. The Balaban J connectivity index is 1.56. The van der Waals surface area contributed by atoms with E-state index in [0.29, 0.717) is 11.1 Å². The van der Waals surface area contributed by atoms with Gasteiger partial charge in [0.05, 0.1) is 12.7 Å². The van der Waals surface area contributed by atoms with Crippen molar-refractivity contribution in [1.82, 2.24) is 4.98 Å². The third kappa shape index (κ3) is 2.51. The molecule has 4 nitrogen and oxygen atoms in total. The number of hydrogen-bond acceptors (Lipinski definition) is 4. The van der Waals surface area contributed by atoms with Crippen molar-refractivity contribution in [3.8, 4) is 0 Å². The van der Waals surface area contributed by atoms with E-state index in [1.54, 1.807) is 6.20 Å². The van der Waals surface area contributed by atoms with Crippen LogP contribution >= 0.6 is 11.6 Å². The normalized spacial score (nSPS) is 39.1. The van der Waals surface area contributed by atoms with Gasteiger partial charge in [-0.05, 0) is 79.9 Å². The lowest BCUT2D eigenvalue weighted by atomic mass is 9.57. The molecule has 1 aliphatic heterocycles. The largest absolute Gasteiger partial charge is 0.393 e. The molecule has 1 saturated heterocycles. The Bertz CT molecular complexity index is 931. The summed E-state index contributed by atoms with van der Waals surface area (Å²) in [4.78, 5) is 4.25. The molecule has 0 unspecified atom stereocenters. The van der Waals surface area contributed by atoms with Crippen LogP contribution in [0.3, 0.4) is 0 Å². The van der Waals surface area contributed by atoms with Crippen molar-refractivity contribution in [2.45, 2.75) is 69.9 Å². The Morgan fingerprint density at radius 2 is 2.00 bits per heavy atom. The maximum absolute atomic E-state index is 10.4. The highest BCUT2D eigenvalue weighted by molar-refractivity contribution is 6.34. The van der Waals surface area contributed by atoms with Gasteiger partial charge in [0.2, 0.25) is 0 Å². The molecule has 0 spiro atoms. The predicted molar refractivity (Wildman–Crippen MR) is 109 cm³/mol. The Kier molecular flexibility index (Phi) is 4.13. The highest BCUT2D eigenvalue weighted by Crippen LogP contribution is 2.65. The first-order valence-electron chi connectivity index (χ1n) is 10.3. The Hall–Kier alpha value is -1.20. The molecule has 0 bridgehead atoms. The zero-order valence-electron chi connectivity index (χ0n) is 16.7. The fourth-order valence-corrected chi connectivity index (χ4v) is 6.80. The lowest BCUT2D eigenvalue weighted by Gasteiger charge is -2.51. The fraction of sp³-hybridized carbons (Fsp3) is 0.609. The van der Waals surface area contributed by atoms with Crippen molar-refractivity contribution < 1.29 is 14.6 Å². The highest BCUT2D eigenvalue weighted by atomic mass is 35.5. The number of aliphatic hydroxyl groups excluding tert-OH is 1. The van der Waals surface area contributed by atoms with Crippen molar-refractivity contribution >= 4 is 22.4 Å². The van der Waals surface area contributed by atoms with Gasteiger partial charge < -0.3 is 14.6 Å². The highest BCUT2D eigenvalue weighted by Gasteiger charge is 2.67. The second-order valence-electron chi connectivity index (χ2n) is 9.53. The Morgan fingerprint density at radius 3 is 2.79 bits per heavy atom. The van der Waals surface area contributed by atoms with Crippen molar-refractivity contribution in [2.24, 2.45) is 11.3 Å². The molecule has 1 N–H and O–H groups in total. The zero-order chi connectivity index (χ0) is 19.7. The van der Waals surface area contributed by atoms with E-state index >= 15 is 0 Å². The molecular weight excluding hydrogens is 374 g/mol. The van der Waals surface area contributed by atoms with Crippen molar-refractivity contribution in [2.75, 3.05) is 6.61 Å². The Morgan fingerprint density at radius 1 is 1.18 bits per heavy atom. The van der Waals surface area contributed by atoms with E-state index in [0.717, 1.165) is 36.5 Å². The molecule has 28 heavy (non-hydrogen) atoms. The van der Waals surface area contributed by atoms with Crippen LogP contribution in [-0.2, 0) is 9.47 Å². The maximum atomic E-state index is 10.4. The molecule has 2 aromatic rings. The van der Waals surface area contributed by atoms with Crippen molar-refractivity contribution in [3.05, 3.63) is 41.2 Å². The van der Waals surface area contributed by atoms with Crippen LogP contribution in [0.15, 0.2) is 30.5 Å². The second kappa shape index (κ2) is 6.15. The lowest BCUT2D eigenvalue weighted by molar-refractivity contribution is -0.194. The van der Waals surface area contributed by atoms with E-state index in [9.17, 15) is 5.11 Å². The summed E-state index contributed by atoms with van der Waals surface area (Å²) in [5, 5.41) is 13.1. The van der Waals surface area contributed by atoms with Crippen LogP contribution in [0.1, 0.15) is 57.9 Å². The molecule has 3 fully saturated rings. The van der Waals surface area contributed by atoms with Crippen LogP contribution in [0.4, 0.5) is 0 Å². The standard InChI is InChI=1S/C23H28ClNO3/c1-21(2)27-19-8-10-22(3)17(6-7-18(22)23(19,13-26)28-21)15-5-4-14-9-11-25-20(24)16(14)12-15/h4-5,9,11-12,17-19,26H,6-8,10,13H2,1-3H3/t17-,18-,19-,22-,23+/m1/s1. The SMILES string of the molecule is CC1(C)O[C@@H]2CC[C@]3(C)[C@@H](c4ccc5ccnc(Cl)c5c4)CC[C@H]3[C@]2(CO)O1. The van der Waals surface area contributed by atoms with Crippen molar-refractivity contribution in [1.29, 1.82) is 0 Å². The van der Waals surface area contributed by atoms with Gasteiger partial charge in [-0.2, -0.15) is 0 Å². The van der Waals surface area contributed by atoms with Gasteiger partial charge in [0, 0.05) is 11.6 Å². The van der Waals surface area contributed by atoms with E-state index < -0.39 is 11.4 Å². The van der Waals surface area contributed by atoms with Gasteiger partial charge in [0.1, 0.15) is 10.8 Å². The number of hydrogen-bond donors (Lipinski definition) is 1. The van der Waals surface area contributed by atoms with E-state index in [1.807, 2.05) is 19.9 Å². The quantitative estimate of drug-likeness (QED) is 0.714. The molecule has 2 saturated carbocycles. The van der Waals surface area contributed by atoms with Gasteiger partial charge in [-0.1, -0.05) is 30.7 Å². The number of ether oxygens (including phenoxy) is 2. The lowest BCUT2D eigenvalue weighted by Crippen LogP contribution is -2.58. The van der Waals surface area contributed by atoms with Crippen LogP contribution in [0.25, 0.3) is 10.8 Å². The predicted octanol–water partition coefficient (Wildman–Crippen LogP) is 5.06. The number of benzene rings is 1. The third-order valence-electron chi connectivity index (χ3n) is 7.67. The first kappa shape index (κ1) is 18.8. The number of aromatic nitrogens is 1. The topological polar surface area (TPSA) is 51.6 Å². The summed E-state index contributed by atoms with van der Waals surface area (Å²) in [6, 6.07) is 8.61. The molecule has 0 amide bonds. The van der Waals surface area contributed by atoms with Gasteiger partial charge in [-0.3, -0.25) is 0 Å². The summed E-state index contributed by atoms with van der Waals surface area (Å²) >= 11 is 6.38. The molecule has 1 aromatic heterocycles.